The SMILES string of the molecule is CC[C@H]1Cc2ccc(NC(=O)OC(C)(C)C)cc2C1. The van der Waals surface area contributed by atoms with Crippen molar-refractivity contribution in [3.63, 3.8) is 0 Å². The van der Waals surface area contributed by atoms with E-state index in [-0.39, 0.29) is 0 Å². The number of rotatable bonds is 2. The summed E-state index contributed by atoms with van der Waals surface area (Å²) in [6.07, 6.45) is 3.11. The first kappa shape index (κ1) is 13.9. The van der Waals surface area contributed by atoms with Gasteiger partial charge >= 0.3 is 6.09 Å². The van der Waals surface area contributed by atoms with Gasteiger partial charge in [-0.2, -0.15) is 0 Å². The zero-order chi connectivity index (χ0) is 14.0. The Bertz CT molecular complexity index is 474. The molecule has 0 bridgehead atoms. The van der Waals surface area contributed by atoms with Gasteiger partial charge in [-0.1, -0.05) is 19.4 Å². The van der Waals surface area contributed by atoms with E-state index in [4.69, 9.17) is 4.74 Å². The van der Waals surface area contributed by atoms with Gasteiger partial charge in [-0.25, -0.2) is 4.79 Å². The molecule has 1 atom stereocenters. The average Bonchev–Trinajstić information content (AvgIpc) is 2.68. The van der Waals surface area contributed by atoms with Crippen molar-refractivity contribution in [2.75, 3.05) is 5.32 Å². The normalized spacial score (nSPS) is 18.0. The number of amides is 1. The smallest absolute Gasteiger partial charge is 0.412 e. The molecule has 0 saturated heterocycles. The number of hydrogen-bond donors (Lipinski definition) is 1. The number of carbonyl (C=O) groups is 1. The van der Waals surface area contributed by atoms with Crippen LogP contribution in [0.3, 0.4) is 0 Å². The van der Waals surface area contributed by atoms with E-state index in [1.54, 1.807) is 0 Å². The minimum Gasteiger partial charge on any atom is -0.444 e. The molecule has 104 valence electrons. The van der Waals surface area contributed by atoms with Gasteiger partial charge in [0.05, 0.1) is 0 Å². The predicted molar refractivity (Wildman–Crippen MR) is 77.5 cm³/mol. The minimum absolute atomic E-state index is 0.391. The molecule has 0 unspecified atom stereocenters. The van der Waals surface area contributed by atoms with Crippen LogP contribution in [0.5, 0.6) is 0 Å². The third kappa shape index (κ3) is 3.72. The molecular weight excluding hydrogens is 238 g/mol. The molecule has 3 nitrogen and oxygen atoms in total. The van der Waals surface area contributed by atoms with Crippen LogP contribution in [0.4, 0.5) is 10.5 Å². The molecule has 2 rings (SSSR count). The van der Waals surface area contributed by atoms with Crippen LogP contribution in [0.25, 0.3) is 0 Å². The van der Waals surface area contributed by atoms with Crippen LogP contribution >= 0.6 is 0 Å². The fraction of sp³-hybridized carbons (Fsp3) is 0.562. The van der Waals surface area contributed by atoms with Gasteiger partial charge < -0.3 is 4.74 Å². The number of nitrogens with one attached hydrogen (secondary N) is 1. The molecule has 1 aromatic carbocycles. The summed E-state index contributed by atoms with van der Waals surface area (Å²) in [5, 5.41) is 2.80. The van der Waals surface area contributed by atoms with E-state index in [1.807, 2.05) is 26.8 Å². The van der Waals surface area contributed by atoms with E-state index in [2.05, 4.69) is 24.4 Å². The van der Waals surface area contributed by atoms with Crippen LogP contribution in [0.1, 0.15) is 45.2 Å². The van der Waals surface area contributed by atoms with Crippen LogP contribution in [0, 0.1) is 5.92 Å². The Morgan fingerprint density at radius 1 is 1.32 bits per heavy atom. The maximum atomic E-state index is 11.7. The third-order valence-electron chi connectivity index (χ3n) is 3.45. The van der Waals surface area contributed by atoms with E-state index in [9.17, 15) is 4.79 Å². The van der Waals surface area contributed by atoms with Gasteiger partial charge in [-0.3, -0.25) is 5.32 Å². The van der Waals surface area contributed by atoms with Gasteiger partial charge in [-0.15, -0.1) is 0 Å². The zero-order valence-corrected chi connectivity index (χ0v) is 12.2. The molecule has 1 N–H and O–H groups in total. The molecule has 0 spiro atoms. The Labute approximate surface area is 115 Å². The Balaban J connectivity index is 2.02. The van der Waals surface area contributed by atoms with Crippen molar-refractivity contribution in [3.05, 3.63) is 29.3 Å². The first-order valence-electron chi connectivity index (χ1n) is 6.99. The van der Waals surface area contributed by atoms with Gasteiger partial charge in [-0.05, 0) is 62.8 Å². The standard InChI is InChI=1S/C16H23NO2/c1-5-11-8-12-6-7-14(10-13(12)9-11)17-15(18)19-16(2,3)4/h6-7,10-11H,5,8-9H2,1-4H3,(H,17,18)/t11-/m0/s1. The summed E-state index contributed by atoms with van der Waals surface area (Å²) in [4.78, 5) is 11.7. The summed E-state index contributed by atoms with van der Waals surface area (Å²) in [5.41, 5.74) is 3.14. The Morgan fingerprint density at radius 2 is 2.00 bits per heavy atom. The number of carbonyl (C=O) groups excluding carboxylic acids is 1. The van der Waals surface area contributed by atoms with Crippen molar-refractivity contribution in [1.29, 1.82) is 0 Å². The minimum atomic E-state index is -0.464. The zero-order valence-electron chi connectivity index (χ0n) is 12.2. The average molecular weight is 261 g/mol. The van der Waals surface area contributed by atoms with Gasteiger partial charge in [0.15, 0.2) is 0 Å². The largest absolute Gasteiger partial charge is 0.444 e. The maximum Gasteiger partial charge on any atom is 0.412 e. The van der Waals surface area contributed by atoms with Crippen molar-refractivity contribution >= 4 is 11.8 Å². The van der Waals surface area contributed by atoms with E-state index in [0.717, 1.165) is 18.0 Å². The van der Waals surface area contributed by atoms with Crippen molar-refractivity contribution in [2.45, 2.75) is 52.6 Å². The highest BCUT2D eigenvalue weighted by atomic mass is 16.6. The highest BCUT2D eigenvalue weighted by Crippen LogP contribution is 2.30. The quantitative estimate of drug-likeness (QED) is 0.868. The van der Waals surface area contributed by atoms with Gasteiger partial charge in [0, 0.05) is 5.69 Å². The highest BCUT2D eigenvalue weighted by Gasteiger charge is 2.21. The molecule has 1 amide bonds. The number of benzene rings is 1. The lowest BCUT2D eigenvalue weighted by molar-refractivity contribution is 0.0636. The number of fused-ring (bicyclic) bond motifs is 1. The molecule has 0 radical (unpaired) electrons. The summed E-state index contributed by atoms with van der Waals surface area (Å²) < 4.78 is 5.25. The Kier molecular flexibility index (Phi) is 3.83. The summed E-state index contributed by atoms with van der Waals surface area (Å²) in [5.74, 6) is 0.756. The van der Waals surface area contributed by atoms with Crippen molar-refractivity contribution in [1.82, 2.24) is 0 Å². The van der Waals surface area contributed by atoms with Crippen LogP contribution in [-0.2, 0) is 17.6 Å². The van der Waals surface area contributed by atoms with E-state index in [0.29, 0.717) is 0 Å². The molecule has 1 aliphatic rings. The molecule has 1 aliphatic carbocycles. The lowest BCUT2D eigenvalue weighted by Crippen LogP contribution is -2.27. The monoisotopic (exact) mass is 261 g/mol. The first-order chi connectivity index (χ1) is 8.87. The van der Waals surface area contributed by atoms with Crippen LogP contribution in [-0.4, -0.2) is 11.7 Å². The summed E-state index contributed by atoms with van der Waals surface area (Å²) in [6, 6.07) is 6.16. The van der Waals surface area contributed by atoms with Crippen molar-refractivity contribution < 1.29 is 9.53 Å². The highest BCUT2D eigenvalue weighted by molar-refractivity contribution is 5.85. The molecule has 3 heteroatoms. The summed E-state index contributed by atoms with van der Waals surface area (Å²) >= 11 is 0. The molecular formula is C16H23NO2. The van der Waals surface area contributed by atoms with Crippen LogP contribution in [0.15, 0.2) is 18.2 Å². The third-order valence-corrected chi connectivity index (χ3v) is 3.45. The van der Waals surface area contributed by atoms with Gasteiger partial charge in [0.25, 0.3) is 0 Å². The number of hydrogen-bond acceptors (Lipinski definition) is 2. The van der Waals surface area contributed by atoms with Gasteiger partial charge in [0.2, 0.25) is 0 Å². The van der Waals surface area contributed by atoms with Crippen LogP contribution in [0.2, 0.25) is 0 Å². The van der Waals surface area contributed by atoms with Crippen LogP contribution < -0.4 is 5.32 Å². The van der Waals surface area contributed by atoms with Crippen molar-refractivity contribution in [3.8, 4) is 0 Å². The van der Waals surface area contributed by atoms with Gasteiger partial charge in [0.1, 0.15) is 5.60 Å². The predicted octanol–water partition coefficient (Wildman–Crippen LogP) is 4.16. The molecule has 0 aromatic heterocycles. The molecule has 0 saturated carbocycles. The van der Waals surface area contributed by atoms with Crippen molar-refractivity contribution in [2.24, 2.45) is 5.92 Å². The second-order valence-corrected chi connectivity index (χ2v) is 6.29. The van der Waals surface area contributed by atoms with E-state index < -0.39 is 11.7 Å². The molecule has 0 heterocycles. The second kappa shape index (κ2) is 5.24. The fourth-order valence-corrected chi connectivity index (χ4v) is 2.50. The van der Waals surface area contributed by atoms with E-state index >= 15 is 0 Å². The summed E-state index contributed by atoms with van der Waals surface area (Å²) in [7, 11) is 0. The lowest BCUT2D eigenvalue weighted by atomic mass is 10.0. The fourth-order valence-electron chi connectivity index (χ4n) is 2.50. The Morgan fingerprint density at radius 3 is 2.63 bits per heavy atom. The molecule has 19 heavy (non-hydrogen) atoms. The topological polar surface area (TPSA) is 38.3 Å². The lowest BCUT2D eigenvalue weighted by Gasteiger charge is -2.19. The first-order valence-corrected chi connectivity index (χ1v) is 6.99. The summed E-state index contributed by atoms with van der Waals surface area (Å²) in [6.45, 7) is 7.82. The maximum absolute atomic E-state index is 11.7. The second-order valence-electron chi connectivity index (χ2n) is 6.29. The number of ether oxygens (including phenoxy) is 1. The Hall–Kier alpha value is -1.51. The molecule has 0 fully saturated rings. The number of anilines is 1. The van der Waals surface area contributed by atoms with E-state index in [1.165, 1.54) is 24.0 Å². The molecule has 0 aliphatic heterocycles. The molecule has 1 aromatic rings.